The van der Waals surface area contributed by atoms with E-state index in [4.69, 9.17) is 9.47 Å². The molecule has 4 rings (SSSR count). The Morgan fingerprint density at radius 3 is 2.79 bits per heavy atom. The predicted octanol–water partition coefficient (Wildman–Crippen LogP) is 3.43. The number of nitrogens with zero attached hydrogens (tertiary/aromatic N) is 3. The second-order valence-corrected chi connectivity index (χ2v) is 8.86. The fourth-order valence-electron chi connectivity index (χ4n) is 3.68. The summed E-state index contributed by atoms with van der Waals surface area (Å²) in [6.07, 6.45) is 7.34. The molecule has 0 bridgehead atoms. The molecular weight excluding hydrogens is 444 g/mol. The van der Waals surface area contributed by atoms with Crippen molar-refractivity contribution < 1.29 is 23.9 Å². The zero-order chi connectivity index (χ0) is 23.4. The van der Waals surface area contributed by atoms with Gasteiger partial charge in [-0.05, 0) is 55.9 Å². The highest BCUT2D eigenvalue weighted by Crippen LogP contribution is 2.40. The largest absolute Gasteiger partial charge is 0.462 e. The highest BCUT2D eigenvalue weighted by molar-refractivity contribution is 7.17. The van der Waals surface area contributed by atoms with Crippen molar-refractivity contribution in [3.8, 4) is 5.82 Å². The minimum absolute atomic E-state index is 0.214. The van der Waals surface area contributed by atoms with Crippen LogP contribution in [0.4, 0.5) is 5.00 Å². The Morgan fingerprint density at radius 1 is 1.24 bits per heavy atom. The molecule has 172 valence electrons. The fraction of sp³-hybridized carbons (Fsp3) is 0.348. The lowest BCUT2D eigenvalue weighted by atomic mass is 9.88. The maximum atomic E-state index is 12.6. The molecule has 10 heteroatoms. The Bertz CT molecular complexity index is 1150. The van der Waals surface area contributed by atoms with Gasteiger partial charge in [-0.25, -0.2) is 19.3 Å². The number of esters is 2. The molecule has 1 amide bonds. The van der Waals surface area contributed by atoms with Crippen LogP contribution in [0.1, 0.15) is 51.4 Å². The number of thiophene rings is 1. The Kier molecular flexibility index (Phi) is 6.83. The molecule has 0 saturated heterocycles. The van der Waals surface area contributed by atoms with E-state index in [-0.39, 0.29) is 12.2 Å². The van der Waals surface area contributed by atoms with Gasteiger partial charge in [0.25, 0.3) is 5.91 Å². The van der Waals surface area contributed by atoms with Crippen molar-refractivity contribution in [3.05, 3.63) is 58.4 Å². The number of pyridine rings is 1. The lowest BCUT2D eigenvalue weighted by Crippen LogP contribution is -2.22. The van der Waals surface area contributed by atoms with Gasteiger partial charge < -0.3 is 14.8 Å². The van der Waals surface area contributed by atoms with E-state index >= 15 is 0 Å². The Morgan fingerprint density at radius 2 is 2.09 bits per heavy atom. The van der Waals surface area contributed by atoms with E-state index in [0.29, 0.717) is 22.3 Å². The van der Waals surface area contributed by atoms with Gasteiger partial charge in [-0.1, -0.05) is 6.92 Å². The molecule has 3 aromatic heterocycles. The third-order valence-electron chi connectivity index (χ3n) is 5.30. The van der Waals surface area contributed by atoms with Gasteiger partial charge in [0.15, 0.2) is 12.4 Å². The van der Waals surface area contributed by atoms with Crippen molar-refractivity contribution in [3.63, 3.8) is 0 Å². The summed E-state index contributed by atoms with van der Waals surface area (Å²) < 4.78 is 11.9. The number of rotatable bonds is 7. The minimum Gasteiger partial charge on any atom is -0.462 e. The number of amides is 1. The van der Waals surface area contributed by atoms with E-state index in [2.05, 4.69) is 22.3 Å². The molecule has 1 aliphatic rings. The van der Waals surface area contributed by atoms with Gasteiger partial charge in [-0.2, -0.15) is 5.10 Å². The number of aromatic nitrogens is 3. The van der Waals surface area contributed by atoms with Crippen LogP contribution >= 0.6 is 11.3 Å². The molecule has 33 heavy (non-hydrogen) atoms. The van der Waals surface area contributed by atoms with E-state index in [1.54, 1.807) is 42.2 Å². The number of hydrogen-bond donors (Lipinski definition) is 1. The third kappa shape index (κ3) is 5.11. The van der Waals surface area contributed by atoms with Crippen molar-refractivity contribution >= 4 is 34.2 Å². The molecule has 1 atom stereocenters. The summed E-state index contributed by atoms with van der Waals surface area (Å²) in [6.45, 7) is 3.67. The Balaban J connectivity index is 1.40. The molecule has 1 unspecified atom stereocenters. The lowest BCUT2D eigenvalue weighted by Gasteiger charge is -2.18. The summed E-state index contributed by atoms with van der Waals surface area (Å²) in [5.41, 5.74) is 1.58. The standard InChI is InChI=1S/C23H24N4O5S/c1-3-31-23(30)20-16-7-5-14(2)11-17(16)33-21(20)26-19(28)13-32-22(29)15-6-8-18(24-12-15)27-10-4-9-25-27/h4,6,8-10,12,14H,3,5,7,11,13H2,1-2H3,(H,26,28). The van der Waals surface area contributed by atoms with Gasteiger partial charge in [-0.3, -0.25) is 4.79 Å². The van der Waals surface area contributed by atoms with E-state index in [1.165, 1.54) is 17.5 Å². The molecular formula is C23H24N4O5S. The fourth-order valence-corrected chi connectivity index (χ4v) is 5.10. The van der Waals surface area contributed by atoms with Crippen molar-refractivity contribution in [2.45, 2.75) is 33.1 Å². The highest BCUT2D eigenvalue weighted by Gasteiger charge is 2.29. The molecule has 0 spiro atoms. The molecule has 0 fully saturated rings. The van der Waals surface area contributed by atoms with Crippen LogP contribution in [0, 0.1) is 5.92 Å². The first-order valence-corrected chi connectivity index (χ1v) is 11.5. The van der Waals surface area contributed by atoms with Crippen LogP contribution in [-0.4, -0.2) is 45.8 Å². The van der Waals surface area contributed by atoms with E-state index < -0.39 is 24.5 Å². The van der Waals surface area contributed by atoms with Crippen molar-refractivity contribution in [1.82, 2.24) is 14.8 Å². The number of fused-ring (bicyclic) bond motifs is 1. The molecule has 9 nitrogen and oxygen atoms in total. The van der Waals surface area contributed by atoms with Gasteiger partial charge in [0.2, 0.25) is 0 Å². The van der Waals surface area contributed by atoms with Crippen LogP contribution in [0.3, 0.4) is 0 Å². The molecule has 0 saturated carbocycles. The predicted molar refractivity (Wildman–Crippen MR) is 122 cm³/mol. The molecule has 1 aliphatic carbocycles. The van der Waals surface area contributed by atoms with Crippen LogP contribution < -0.4 is 5.32 Å². The highest BCUT2D eigenvalue weighted by atomic mass is 32.1. The number of ether oxygens (including phenoxy) is 2. The van der Waals surface area contributed by atoms with Gasteiger partial charge in [0.1, 0.15) is 5.00 Å². The summed E-state index contributed by atoms with van der Waals surface area (Å²) in [5.74, 6) is -0.572. The van der Waals surface area contributed by atoms with Crippen LogP contribution in [0.15, 0.2) is 36.8 Å². The topological polar surface area (TPSA) is 112 Å². The second kappa shape index (κ2) is 9.95. The Hall–Kier alpha value is -3.53. The number of carbonyl (C=O) groups excluding carboxylic acids is 3. The molecule has 0 radical (unpaired) electrons. The SMILES string of the molecule is CCOC(=O)c1c(NC(=O)COC(=O)c2ccc(-n3cccn3)nc2)sc2c1CCC(C)C2. The molecule has 0 aliphatic heterocycles. The van der Waals surface area contributed by atoms with Gasteiger partial charge >= 0.3 is 11.9 Å². The van der Waals surface area contributed by atoms with Gasteiger partial charge in [0, 0.05) is 23.5 Å². The zero-order valence-electron chi connectivity index (χ0n) is 18.4. The molecule has 1 N–H and O–H groups in total. The number of nitrogens with one attached hydrogen (secondary N) is 1. The summed E-state index contributed by atoms with van der Waals surface area (Å²) in [4.78, 5) is 42.7. The minimum atomic E-state index is -0.672. The zero-order valence-corrected chi connectivity index (χ0v) is 19.2. The van der Waals surface area contributed by atoms with Crippen molar-refractivity contribution in [2.75, 3.05) is 18.5 Å². The summed E-state index contributed by atoms with van der Waals surface area (Å²) in [6, 6.07) is 4.95. The lowest BCUT2D eigenvalue weighted by molar-refractivity contribution is -0.119. The number of carbonyl (C=O) groups is 3. The third-order valence-corrected chi connectivity index (χ3v) is 6.47. The summed E-state index contributed by atoms with van der Waals surface area (Å²) >= 11 is 1.39. The monoisotopic (exact) mass is 468 g/mol. The van der Waals surface area contributed by atoms with Crippen LogP contribution in [0.25, 0.3) is 5.82 Å². The first-order chi connectivity index (χ1) is 16.0. The quantitative estimate of drug-likeness (QED) is 0.529. The number of hydrogen-bond acceptors (Lipinski definition) is 8. The maximum Gasteiger partial charge on any atom is 0.341 e. The van der Waals surface area contributed by atoms with Crippen molar-refractivity contribution in [1.29, 1.82) is 0 Å². The summed E-state index contributed by atoms with van der Waals surface area (Å²) in [5, 5.41) is 7.25. The van der Waals surface area contributed by atoms with Crippen molar-refractivity contribution in [2.24, 2.45) is 5.92 Å². The van der Waals surface area contributed by atoms with Gasteiger partial charge in [-0.15, -0.1) is 11.3 Å². The Labute approximate surface area is 194 Å². The van der Waals surface area contributed by atoms with E-state index in [1.807, 2.05) is 0 Å². The van der Waals surface area contributed by atoms with Crippen LogP contribution in [0.2, 0.25) is 0 Å². The molecule has 3 heterocycles. The first-order valence-electron chi connectivity index (χ1n) is 10.7. The smallest absolute Gasteiger partial charge is 0.341 e. The van der Waals surface area contributed by atoms with E-state index in [9.17, 15) is 14.4 Å². The maximum absolute atomic E-state index is 12.6. The second-order valence-electron chi connectivity index (χ2n) is 7.76. The van der Waals surface area contributed by atoms with Crippen LogP contribution in [0.5, 0.6) is 0 Å². The first kappa shape index (κ1) is 22.7. The normalized spacial score (nSPS) is 14.9. The average molecular weight is 469 g/mol. The number of anilines is 1. The van der Waals surface area contributed by atoms with E-state index in [0.717, 1.165) is 29.7 Å². The molecule has 3 aromatic rings. The average Bonchev–Trinajstić information content (AvgIpc) is 3.45. The summed E-state index contributed by atoms with van der Waals surface area (Å²) in [7, 11) is 0. The van der Waals surface area contributed by atoms with Gasteiger partial charge in [0.05, 0.1) is 17.7 Å². The van der Waals surface area contributed by atoms with Crippen LogP contribution in [-0.2, 0) is 27.1 Å². The molecule has 0 aromatic carbocycles.